The number of carbonyl (C=O) groups is 1. The monoisotopic (exact) mass is 161 g/mol. The number of benzene rings is 1. The van der Waals surface area contributed by atoms with E-state index in [-0.39, 0.29) is 5.78 Å². The molecule has 12 heavy (non-hydrogen) atoms. The molecular formula is C11H13O. The largest absolute Gasteiger partial charge is 0.294 e. The molecule has 0 bridgehead atoms. The Kier molecular flexibility index (Phi) is 3.03. The van der Waals surface area contributed by atoms with Gasteiger partial charge in [-0.25, -0.2) is 0 Å². The lowest BCUT2D eigenvalue weighted by Gasteiger charge is -2.02. The highest BCUT2D eigenvalue weighted by Crippen LogP contribution is 2.07. The van der Waals surface area contributed by atoms with Crippen LogP contribution in [0, 0.1) is 12.3 Å². The van der Waals surface area contributed by atoms with Gasteiger partial charge in [-0.15, -0.1) is 0 Å². The first-order valence-corrected chi connectivity index (χ1v) is 4.14. The van der Waals surface area contributed by atoms with Gasteiger partial charge < -0.3 is 0 Å². The van der Waals surface area contributed by atoms with Gasteiger partial charge in [0.05, 0.1) is 0 Å². The highest BCUT2D eigenvalue weighted by atomic mass is 16.1. The van der Waals surface area contributed by atoms with Crippen molar-refractivity contribution in [1.29, 1.82) is 0 Å². The van der Waals surface area contributed by atoms with Gasteiger partial charge in [0.1, 0.15) is 0 Å². The highest BCUT2D eigenvalue weighted by molar-refractivity contribution is 6.02. The fourth-order valence-corrected chi connectivity index (χ4v) is 1.00. The van der Waals surface area contributed by atoms with Crippen LogP contribution in [0.2, 0.25) is 0 Å². The van der Waals surface area contributed by atoms with E-state index < -0.39 is 0 Å². The molecule has 0 saturated carbocycles. The zero-order valence-corrected chi connectivity index (χ0v) is 7.45. The molecule has 0 aliphatic rings. The van der Waals surface area contributed by atoms with Gasteiger partial charge in [-0.1, -0.05) is 44.2 Å². The molecule has 1 aromatic rings. The van der Waals surface area contributed by atoms with Crippen molar-refractivity contribution < 1.29 is 4.79 Å². The van der Waals surface area contributed by atoms with Gasteiger partial charge in [-0.3, -0.25) is 4.79 Å². The Labute approximate surface area is 73.4 Å². The number of hydrogen-bond donors (Lipinski definition) is 0. The summed E-state index contributed by atoms with van der Waals surface area (Å²) in [5.74, 6) is 0.434. The summed E-state index contributed by atoms with van der Waals surface area (Å²) < 4.78 is 0. The van der Waals surface area contributed by atoms with Gasteiger partial charge in [0.25, 0.3) is 0 Å². The molecular weight excluding hydrogens is 148 g/mol. The fourth-order valence-electron chi connectivity index (χ4n) is 1.00. The Morgan fingerprint density at radius 3 is 2.33 bits per heavy atom. The van der Waals surface area contributed by atoms with Crippen molar-refractivity contribution in [3.63, 3.8) is 0 Å². The summed E-state index contributed by atoms with van der Waals surface area (Å²) in [6.45, 7) is 4.00. The maximum atomic E-state index is 11.4. The van der Waals surface area contributed by atoms with Crippen molar-refractivity contribution in [2.45, 2.75) is 13.8 Å². The summed E-state index contributed by atoms with van der Waals surface area (Å²) >= 11 is 0. The molecule has 0 saturated heterocycles. The van der Waals surface area contributed by atoms with Crippen molar-refractivity contribution in [1.82, 2.24) is 0 Å². The second kappa shape index (κ2) is 4.05. The lowest BCUT2D eigenvalue weighted by molar-refractivity contribution is 0.102. The van der Waals surface area contributed by atoms with Crippen LogP contribution in [-0.4, -0.2) is 5.78 Å². The normalized spacial score (nSPS) is 10.2. The van der Waals surface area contributed by atoms with E-state index in [4.69, 9.17) is 0 Å². The van der Waals surface area contributed by atoms with Crippen molar-refractivity contribution in [3.8, 4) is 0 Å². The van der Waals surface area contributed by atoms with Crippen LogP contribution >= 0.6 is 0 Å². The van der Waals surface area contributed by atoms with Gasteiger partial charge in [-0.2, -0.15) is 0 Å². The average Bonchev–Trinajstić information content (AvgIpc) is 2.05. The van der Waals surface area contributed by atoms with Crippen molar-refractivity contribution >= 4 is 5.78 Å². The van der Waals surface area contributed by atoms with Crippen molar-refractivity contribution in [2.24, 2.45) is 5.92 Å². The molecule has 63 valence electrons. The third-order valence-corrected chi connectivity index (χ3v) is 1.54. The standard InChI is InChI=1S/C11H13O/c1-9(2)8-11(12)10-6-4-3-5-7-10/h3-9H,1-2H3. The predicted molar refractivity (Wildman–Crippen MR) is 49.9 cm³/mol. The van der Waals surface area contributed by atoms with Crippen LogP contribution < -0.4 is 0 Å². The van der Waals surface area contributed by atoms with Crippen LogP contribution in [-0.2, 0) is 0 Å². The van der Waals surface area contributed by atoms with Crippen LogP contribution in [0.25, 0.3) is 0 Å². The van der Waals surface area contributed by atoms with Crippen molar-refractivity contribution in [3.05, 3.63) is 42.3 Å². The minimum atomic E-state index is 0.116. The summed E-state index contributed by atoms with van der Waals surface area (Å²) in [4.78, 5) is 11.4. The average molecular weight is 161 g/mol. The summed E-state index contributed by atoms with van der Waals surface area (Å²) in [6.07, 6.45) is 1.73. The maximum absolute atomic E-state index is 11.4. The Morgan fingerprint density at radius 2 is 1.83 bits per heavy atom. The fraction of sp³-hybridized carbons (Fsp3) is 0.273. The number of ketones is 1. The molecule has 0 aliphatic heterocycles. The second-order valence-electron chi connectivity index (χ2n) is 3.14. The molecule has 1 rings (SSSR count). The Hall–Kier alpha value is -1.11. The lowest BCUT2D eigenvalue weighted by Crippen LogP contribution is -2.03. The van der Waals surface area contributed by atoms with E-state index in [9.17, 15) is 4.79 Å². The molecule has 1 aromatic carbocycles. The topological polar surface area (TPSA) is 17.1 Å². The van der Waals surface area contributed by atoms with E-state index in [1.165, 1.54) is 0 Å². The van der Waals surface area contributed by atoms with Crippen LogP contribution in [0.3, 0.4) is 0 Å². The Morgan fingerprint density at radius 1 is 1.25 bits per heavy atom. The molecule has 0 fully saturated rings. The van der Waals surface area contributed by atoms with E-state index in [0.717, 1.165) is 5.56 Å². The first kappa shape index (κ1) is 8.98. The molecule has 1 radical (unpaired) electrons. The highest BCUT2D eigenvalue weighted by Gasteiger charge is 2.06. The van der Waals surface area contributed by atoms with Crippen LogP contribution in [0.4, 0.5) is 0 Å². The van der Waals surface area contributed by atoms with E-state index in [0.29, 0.717) is 5.92 Å². The smallest absolute Gasteiger partial charge is 0.166 e. The Balaban J connectivity index is 2.66. The molecule has 0 atom stereocenters. The zero-order chi connectivity index (χ0) is 8.97. The maximum Gasteiger partial charge on any atom is 0.166 e. The van der Waals surface area contributed by atoms with Crippen LogP contribution in [0.1, 0.15) is 24.2 Å². The van der Waals surface area contributed by atoms with E-state index in [1.54, 1.807) is 6.42 Å². The first-order chi connectivity index (χ1) is 5.70. The van der Waals surface area contributed by atoms with Gasteiger partial charge in [0, 0.05) is 12.0 Å². The first-order valence-electron chi connectivity index (χ1n) is 4.14. The molecule has 0 aromatic heterocycles. The molecule has 0 heterocycles. The van der Waals surface area contributed by atoms with Crippen LogP contribution in [0.5, 0.6) is 0 Å². The molecule has 1 nitrogen and oxygen atoms in total. The van der Waals surface area contributed by atoms with Crippen molar-refractivity contribution in [2.75, 3.05) is 0 Å². The summed E-state index contributed by atoms with van der Waals surface area (Å²) in [5, 5.41) is 0. The molecule has 0 N–H and O–H groups in total. The lowest BCUT2D eigenvalue weighted by atomic mass is 10.0. The molecule has 0 aliphatic carbocycles. The van der Waals surface area contributed by atoms with Crippen LogP contribution in [0.15, 0.2) is 30.3 Å². The molecule has 1 heteroatoms. The minimum Gasteiger partial charge on any atom is -0.294 e. The van der Waals surface area contributed by atoms with Gasteiger partial charge >= 0.3 is 0 Å². The number of hydrogen-bond acceptors (Lipinski definition) is 1. The summed E-state index contributed by atoms with van der Waals surface area (Å²) in [6, 6.07) is 9.33. The second-order valence-corrected chi connectivity index (χ2v) is 3.14. The summed E-state index contributed by atoms with van der Waals surface area (Å²) in [7, 11) is 0. The molecule has 0 amide bonds. The van der Waals surface area contributed by atoms with E-state index in [2.05, 4.69) is 0 Å². The van der Waals surface area contributed by atoms with Gasteiger partial charge in [0.15, 0.2) is 5.78 Å². The third-order valence-electron chi connectivity index (χ3n) is 1.54. The van der Waals surface area contributed by atoms with E-state index >= 15 is 0 Å². The van der Waals surface area contributed by atoms with Gasteiger partial charge in [-0.05, 0) is 5.92 Å². The minimum absolute atomic E-state index is 0.116. The van der Waals surface area contributed by atoms with E-state index in [1.807, 2.05) is 44.2 Å². The zero-order valence-electron chi connectivity index (χ0n) is 7.45. The number of carbonyl (C=O) groups excluding carboxylic acids is 1. The molecule has 0 unspecified atom stereocenters. The summed E-state index contributed by atoms with van der Waals surface area (Å²) in [5.41, 5.74) is 0.770. The third kappa shape index (κ3) is 2.50. The van der Waals surface area contributed by atoms with Gasteiger partial charge in [0.2, 0.25) is 0 Å². The predicted octanol–water partition coefficient (Wildman–Crippen LogP) is 2.73. The molecule has 0 spiro atoms. The Bertz CT molecular complexity index is 249. The number of Topliss-reactive ketones (excluding diaryl/α,β-unsaturated/α-hetero) is 1. The number of rotatable bonds is 3. The SMILES string of the molecule is CC(C)[CH]C(=O)c1ccccc1. The quantitative estimate of drug-likeness (QED) is 0.623.